The number of methoxy groups -OCH3 is 1. The minimum absolute atomic E-state index is 0.0369. The monoisotopic (exact) mass is 327 g/mol. The first kappa shape index (κ1) is 16.3. The van der Waals surface area contributed by atoms with Gasteiger partial charge < -0.3 is 19.5 Å². The van der Waals surface area contributed by atoms with Gasteiger partial charge in [-0.25, -0.2) is 0 Å². The van der Waals surface area contributed by atoms with Crippen LogP contribution < -0.4 is 14.8 Å². The fraction of sp³-hybridized carbons (Fsp3) is 0.316. The molecule has 0 saturated carbocycles. The second kappa shape index (κ2) is 7.84. The summed E-state index contributed by atoms with van der Waals surface area (Å²) >= 11 is 0. The van der Waals surface area contributed by atoms with Gasteiger partial charge in [-0.15, -0.1) is 0 Å². The topological polar surface area (TPSA) is 56.8 Å². The maximum Gasteiger partial charge on any atom is 0.323 e. The fourth-order valence-corrected chi connectivity index (χ4v) is 2.66. The van der Waals surface area contributed by atoms with Crippen LogP contribution in [0, 0.1) is 0 Å². The molecule has 0 aromatic heterocycles. The summed E-state index contributed by atoms with van der Waals surface area (Å²) in [6.07, 6.45) is 0.573. The van der Waals surface area contributed by atoms with Crippen LogP contribution in [0.25, 0.3) is 0 Å². The second-order valence-electron chi connectivity index (χ2n) is 5.71. The molecule has 2 unspecified atom stereocenters. The summed E-state index contributed by atoms with van der Waals surface area (Å²) in [5, 5.41) is 3.10. The molecule has 1 aliphatic rings. The molecule has 5 heteroatoms. The maximum atomic E-state index is 11.5. The van der Waals surface area contributed by atoms with Crippen LogP contribution in [-0.4, -0.2) is 31.8 Å². The molecule has 2 aromatic carbocycles. The van der Waals surface area contributed by atoms with E-state index in [1.807, 2.05) is 54.6 Å². The average Bonchev–Trinajstić information content (AvgIpc) is 3.10. The molecule has 126 valence electrons. The van der Waals surface area contributed by atoms with E-state index in [9.17, 15) is 4.79 Å². The predicted octanol–water partition coefficient (Wildman–Crippen LogP) is 2.55. The van der Waals surface area contributed by atoms with E-state index in [1.165, 1.54) is 7.11 Å². The van der Waals surface area contributed by atoms with Crippen LogP contribution in [0.3, 0.4) is 0 Å². The first-order valence-electron chi connectivity index (χ1n) is 7.99. The van der Waals surface area contributed by atoms with Gasteiger partial charge >= 0.3 is 5.97 Å². The van der Waals surface area contributed by atoms with Crippen molar-refractivity contribution >= 4 is 5.97 Å². The Hall–Kier alpha value is -2.53. The van der Waals surface area contributed by atoms with E-state index in [2.05, 4.69) is 5.32 Å². The molecule has 1 heterocycles. The molecule has 2 aromatic rings. The van der Waals surface area contributed by atoms with Crippen molar-refractivity contribution in [2.45, 2.75) is 25.2 Å². The van der Waals surface area contributed by atoms with Crippen LogP contribution in [0.15, 0.2) is 54.6 Å². The van der Waals surface area contributed by atoms with Crippen molar-refractivity contribution in [3.05, 3.63) is 60.2 Å². The van der Waals surface area contributed by atoms with Crippen LogP contribution in [0.5, 0.6) is 11.5 Å². The Bertz CT molecular complexity index is 657. The molecule has 0 radical (unpaired) electrons. The molecule has 24 heavy (non-hydrogen) atoms. The number of esters is 1. The number of benzene rings is 2. The molecular weight excluding hydrogens is 306 g/mol. The lowest BCUT2D eigenvalue weighted by molar-refractivity contribution is -0.142. The van der Waals surface area contributed by atoms with E-state index >= 15 is 0 Å². The van der Waals surface area contributed by atoms with Crippen molar-refractivity contribution in [3.8, 4) is 11.5 Å². The van der Waals surface area contributed by atoms with E-state index in [0.29, 0.717) is 19.6 Å². The minimum atomic E-state index is -0.284. The Balaban J connectivity index is 1.49. The predicted molar refractivity (Wildman–Crippen MR) is 90.1 cm³/mol. The highest BCUT2D eigenvalue weighted by atomic mass is 16.5. The van der Waals surface area contributed by atoms with Crippen LogP contribution in [-0.2, 0) is 16.1 Å². The Morgan fingerprint density at radius 1 is 1.08 bits per heavy atom. The highest BCUT2D eigenvalue weighted by Crippen LogP contribution is 2.22. The summed E-state index contributed by atoms with van der Waals surface area (Å²) in [5.74, 6) is 1.31. The van der Waals surface area contributed by atoms with Gasteiger partial charge in [-0.05, 0) is 29.8 Å². The minimum Gasteiger partial charge on any atom is -0.489 e. The zero-order valence-electron chi connectivity index (χ0n) is 13.6. The third kappa shape index (κ3) is 4.26. The van der Waals surface area contributed by atoms with Gasteiger partial charge in [0.25, 0.3) is 0 Å². The van der Waals surface area contributed by atoms with Crippen molar-refractivity contribution in [1.82, 2.24) is 5.32 Å². The lowest BCUT2D eigenvalue weighted by Crippen LogP contribution is -2.31. The van der Waals surface area contributed by atoms with Gasteiger partial charge in [0.05, 0.1) is 7.11 Å². The summed E-state index contributed by atoms with van der Waals surface area (Å²) in [5.41, 5.74) is 1.13. The average molecular weight is 327 g/mol. The lowest BCUT2D eigenvalue weighted by atomic mass is 10.2. The highest BCUT2D eigenvalue weighted by Gasteiger charge is 2.31. The summed E-state index contributed by atoms with van der Waals surface area (Å²) in [7, 11) is 1.40. The number of hydrogen-bond donors (Lipinski definition) is 1. The Morgan fingerprint density at radius 3 is 2.50 bits per heavy atom. The first-order chi connectivity index (χ1) is 11.7. The van der Waals surface area contributed by atoms with Crippen LogP contribution in [0.4, 0.5) is 0 Å². The Morgan fingerprint density at radius 2 is 1.79 bits per heavy atom. The normalized spacial score (nSPS) is 19.7. The van der Waals surface area contributed by atoms with Crippen LogP contribution >= 0.6 is 0 Å². The maximum absolute atomic E-state index is 11.5. The molecule has 2 atom stereocenters. The van der Waals surface area contributed by atoms with Crippen molar-refractivity contribution in [1.29, 1.82) is 0 Å². The molecule has 5 nitrogen and oxygen atoms in total. The second-order valence-corrected chi connectivity index (χ2v) is 5.71. The Labute approximate surface area is 141 Å². The van der Waals surface area contributed by atoms with Crippen LogP contribution in [0.2, 0.25) is 0 Å². The van der Waals surface area contributed by atoms with E-state index in [1.54, 1.807) is 0 Å². The van der Waals surface area contributed by atoms with Gasteiger partial charge in [-0.3, -0.25) is 4.79 Å². The molecule has 1 saturated heterocycles. The van der Waals surface area contributed by atoms with E-state index in [4.69, 9.17) is 14.2 Å². The van der Waals surface area contributed by atoms with Crippen LogP contribution in [0.1, 0.15) is 12.0 Å². The molecule has 0 aliphatic carbocycles. The lowest BCUT2D eigenvalue weighted by Gasteiger charge is -2.13. The largest absolute Gasteiger partial charge is 0.489 e. The quantitative estimate of drug-likeness (QED) is 0.826. The van der Waals surface area contributed by atoms with Crippen molar-refractivity contribution < 1.29 is 19.0 Å². The SMILES string of the molecule is COC(=O)C1CC(Oc2ccc(OCc3ccccc3)cc2)CN1. The van der Waals surface area contributed by atoms with Gasteiger partial charge in [-0.1, -0.05) is 30.3 Å². The molecule has 0 amide bonds. The van der Waals surface area contributed by atoms with E-state index < -0.39 is 0 Å². The molecule has 1 fully saturated rings. The van der Waals surface area contributed by atoms with Gasteiger partial charge in [0.15, 0.2) is 0 Å². The van der Waals surface area contributed by atoms with Crippen molar-refractivity contribution in [2.24, 2.45) is 0 Å². The van der Waals surface area contributed by atoms with Crippen molar-refractivity contribution in [2.75, 3.05) is 13.7 Å². The molecular formula is C19H21NO4. The van der Waals surface area contributed by atoms with Gasteiger partial charge in [-0.2, -0.15) is 0 Å². The molecule has 1 N–H and O–H groups in total. The number of rotatable bonds is 6. The Kier molecular flexibility index (Phi) is 5.33. The van der Waals surface area contributed by atoms with E-state index in [0.717, 1.165) is 17.1 Å². The molecule has 3 rings (SSSR count). The number of hydrogen-bond acceptors (Lipinski definition) is 5. The third-order valence-electron chi connectivity index (χ3n) is 3.95. The molecule has 1 aliphatic heterocycles. The highest BCUT2D eigenvalue weighted by molar-refractivity contribution is 5.76. The fourth-order valence-electron chi connectivity index (χ4n) is 2.66. The van der Waals surface area contributed by atoms with Gasteiger partial charge in [0.2, 0.25) is 0 Å². The van der Waals surface area contributed by atoms with Crippen molar-refractivity contribution in [3.63, 3.8) is 0 Å². The summed E-state index contributed by atoms with van der Waals surface area (Å²) in [6.45, 7) is 1.17. The molecule has 0 bridgehead atoms. The number of nitrogens with one attached hydrogen (secondary N) is 1. The number of carbonyl (C=O) groups is 1. The molecule has 0 spiro atoms. The third-order valence-corrected chi connectivity index (χ3v) is 3.95. The zero-order valence-corrected chi connectivity index (χ0v) is 13.6. The zero-order chi connectivity index (χ0) is 16.8. The summed E-state index contributed by atoms with van der Waals surface area (Å²) in [4.78, 5) is 11.5. The van der Waals surface area contributed by atoms with E-state index in [-0.39, 0.29) is 18.1 Å². The van der Waals surface area contributed by atoms with Gasteiger partial charge in [0, 0.05) is 13.0 Å². The standard InChI is InChI=1S/C19H21NO4/c1-22-19(21)18-11-17(12-20-18)24-16-9-7-15(8-10-16)23-13-14-5-3-2-4-6-14/h2-10,17-18,20H,11-13H2,1H3. The summed E-state index contributed by atoms with van der Waals surface area (Å²) < 4.78 is 16.4. The number of carbonyl (C=O) groups excluding carboxylic acids is 1. The summed E-state index contributed by atoms with van der Waals surface area (Å²) in [6, 6.07) is 17.3. The smallest absolute Gasteiger partial charge is 0.323 e. The first-order valence-corrected chi connectivity index (χ1v) is 7.99. The number of ether oxygens (including phenoxy) is 3. The van der Waals surface area contributed by atoms with Gasteiger partial charge in [0.1, 0.15) is 30.3 Å².